The molecule has 7 rings (SSSR count). The van der Waals surface area contributed by atoms with Crippen LogP contribution in [0.15, 0.2) is 60.9 Å². The number of thiazole rings is 1. The smallest absolute Gasteiger partial charge is 0.124 e. The molecule has 0 bridgehead atoms. The first-order valence-electron chi connectivity index (χ1n) is 14.0. The molecule has 0 unspecified atom stereocenters. The van der Waals surface area contributed by atoms with Crippen LogP contribution in [-0.4, -0.2) is 44.2 Å². The number of benzene rings is 2. The van der Waals surface area contributed by atoms with E-state index in [1.54, 1.807) is 0 Å². The van der Waals surface area contributed by atoms with Gasteiger partial charge < -0.3 is 10.4 Å². The van der Waals surface area contributed by atoms with E-state index in [-0.39, 0.29) is 6.10 Å². The van der Waals surface area contributed by atoms with Crippen LogP contribution in [0.2, 0.25) is 0 Å². The molecule has 40 heavy (non-hydrogen) atoms. The summed E-state index contributed by atoms with van der Waals surface area (Å²) in [5.74, 6) is 0. The maximum Gasteiger partial charge on any atom is 0.124 e. The molecule has 0 spiro atoms. The van der Waals surface area contributed by atoms with Gasteiger partial charge >= 0.3 is 0 Å². The number of likely N-dealkylation sites (tertiary alicyclic amines) is 1. The molecule has 2 aliphatic heterocycles. The van der Waals surface area contributed by atoms with Crippen LogP contribution < -0.4 is 5.32 Å². The molecule has 2 N–H and O–H groups in total. The van der Waals surface area contributed by atoms with Gasteiger partial charge in [-0.05, 0) is 65.8 Å². The lowest BCUT2D eigenvalue weighted by Crippen LogP contribution is -2.21. The highest BCUT2D eigenvalue weighted by molar-refractivity contribution is 7.15. The third kappa shape index (κ3) is 4.73. The number of fused-ring (bicyclic) bond motifs is 2. The van der Waals surface area contributed by atoms with Crippen LogP contribution >= 0.6 is 11.3 Å². The zero-order chi connectivity index (χ0) is 27.2. The topological polar surface area (TPSA) is 74.2 Å². The highest BCUT2D eigenvalue weighted by Crippen LogP contribution is 2.38. The largest absolute Gasteiger partial charge is 0.392 e. The van der Waals surface area contributed by atoms with E-state index in [9.17, 15) is 5.11 Å². The predicted octanol–water partition coefficient (Wildman–Crippen LogP) is 5.80. The van der Waals surface area contributed by atoms with E-state index in [0.717, 1.165) is 67.2 Å². The number of hydrogen-bond acceptors (Lipinski definition) is 7. The van der Waals surface area contributed by atoms with Gasteiger partial charge in [-0.1, -0.05) is 36.4 Å². The van der Waals surface area contributed by atoms with E-state index in [1.165, 1.54) is 49.5 Å². The predicted molar refractivity (Wildman–Crippen MR) is 161 cm³/mol. The molecule has 202 valence electrons. The molecular formula is C33H33N5OS. The average Bonchev–Trinajstić information content (AvgIpc) is 3.67. The minimum Gasteiger partial charge on any atom is -0.392 e. The van der Waals surface area contributed by atoms with E-state index in [0.29, 0.717) is 0 Å². The molecule has 0 saturated carbocycles. The Labute approximate surface area is 238 Å². The van der Waals surface area contributed by atoms with Crippen molar-refractivity contribution in [3.8, 4) is 21.7 Å². The second-order valence-corrected chi connectivity index (χ2v) is 12.2. The molecule has 0 radical (unpaired) electrons. The zero-order valence-corrected chi connectivity index (χ0v) is 23.8. The Balaban J connectivity index is 1.19. The summed E-state index contributed by atoms with van der Waals surface area (Å²) < 4.78 is 0. The minimum absolute atomic E-state index is 0.208. The molecule has 5 aromatic rings. The third-order valence-corrected chi connectivity index (χ3v) is 9.53. The Kier molecular flexibility index (Phi) is 6.68. The van der Waals surface area contributed by atoms with E-state index in [2.05, 4.69) is 72.6 Å². The van der Waals surface area contributed by atoms with Crippen LogP contribution in [-0.2, 0) is 26.1 Å². The second-order valence-electron chi connectivity index (χ2n) is 11.1. The fraction of sp³-hybridized carbons (Fsp3) is 0.303. The number of rotatable bonds is 6. The Morgan fingerprint density at radius 3 is 2.65 bits per heavy atom. The van der Waals surface area contributed by atoms with Gasteiger partial charge in [-0.15, -0.1) is 11.3 Å². The first kappa shape index (κ1) is 25.5. The molecule has 1 saturated heterocycles. The van der Waals surface area contributed by atoms with E-state index in [4.69, 9.17) is 15.0 Å². The molecule has 6 nitrogen and oxygen atoms in total. The lowest BCUT2D eigenvalue weighted by molar-refractivity contribution is 0.175. The molecule has 2 aliphatic rings. The van der Waals surface area contributed by atoms with Crippen LogP contribution in [0.3, 0.4) is 0 Å². The van der Waals surface area contributed by atoms with Crippen LogP contribution in [0, 0.1) is 13.8 Å². The number of aliphatic hydroxyl groups excluding tert-OH is 1. The van der Waals surface area contributed by atoms with Crippen molar-refractivity contribution >= 4 is 22.2 Å². The fourth-order valence-corrected chi connectivity index (χ4v) is 7.30. The van der Waals surface area contributed by atoms with Gasteiger partial charge in [-0.2, -0.15) is 0 Å². The summed E-state index contributed by atoms with van der Waals surface area (Å²) in [7, 11) is 0. The van der Waals surface area contributed by atoms with Crippen LogP contribution in [0.1, 0.15) is 44.9 Å². The van der Waals surface area contributed by atoms with Crippen molar-refractivity contribution in [3.63, 3.8) is 0 Å². The summed E-state index contributed by atoms with van der Waals surface area (Å²) in [5.41, 5.74) is 11.9. The minimum atomic E-state index is -0.208. The van der Waals surface area contributed by atoms with Gasteiger partial charge in [0.2, 0.25) is 0 Å². The summed E-state index contributed by atoms with van der Waals surface area (Å²) in [6.45, 7) is 8.72. The molecule has 0 aliphatic carbocycles. The number of pyridine rings is 2. The summed E-state index contributed by atoms with van der Waals surface area (Å²) >= 11 is 1.81. The van der Waals surface area contributed by atoms with Gasteiger partial charge in [0.25, 0.3) is 0 Å². The van der Waals surface area contributed by atoms with Crippen LogP contribution in [0.4, 0.5) is 0 Å². The molecule has 1 atom stereocenters. The van der Waals surface area contributed by atoms with Gasteiger partial charge in [0.15, 0.2) is 0 Å². The highest BCUT2D eigenvalue weighted by Gasteiger charge is 2.21. The normalized spacial score (nSPS) is 17.1. The molecule has 7 heteroatoms. The molecule has 1 fully saturated rings. The average molecular weight is 548 g/mol. The molecule has 3 aromatic heterocycles. The lowest BCUT2D eigenvalue weighted by Gasteiger charge is -2.16. The van der Waals surface area contributed by atoms with E-state index in [1.807, 2.05) is 23.7 Å². The van der Waals surface area contributed by atoms with Gasteiger partial charge in [-0.25, -0.2) is 4.98 Å². The van der Waals surface area contributed by atoms with Crippen molar-refractivity contribution in [2.24, 2.45) is 0 Å². The Morgan fingerprint density at radius 2 is 1.82 bits per heavy atom. The van der Waals surface area contributed by atoms with Gasteiger partial charge in [0.1, 0.15) is 5.01 Å². The summed E-state index contributed by atoms with van der Waals surface area (Å²) in [5, 5.41) is 15.5. The van der Waals surface area contributed by atoms with Gasteiger partial charge in [0.05, 0.1) is 23.0 Å². The van der Waals surface area contributed by atoms with Crippen LogP contribution in [0.5, 0.6) is 0 Å². The summed E-state index contributed by atoms with van der Waals surface area (Å²) in [4.78, 5) is 18.2. The fourth-order valence-electron chi connectivity index (χ4n) is 6.17. The van der Waals surface area contributed by atoms with Gasteiger partial charge in [0, 0.05) is 67.4 Å². The van der Waals surface area contributed by atoms with Crippen molar-refractivity contribution in [2.45, 2.75) is 52.4 Å². The number of nitrogens with zero attached hydrogens (tertiary/aromatic N) is 4. The maximum absolute atomic E-state index is 9.87. The van der Waals surface area contributed by atoms with E-state index >= 15 is 0 Å². The Hall–Kier alpha value is -3.49. The molecule has 2 aromatic carbocycles. The van der Waals surface area contributed by atoms with Crippen molar-refractivity contribution in [1.29, 1.82) is 0 Å². The Bertz CT molecular complexity index is 1710. The molecule has 0 amide bonds. The van der Waals surface area contributed by atoms with Gasteiger partial charge in [-0.3, -0.25) is 14.9 Å². The Morgan fingerprint density at radius 1 is 1.00 bits per heavy atom. The number of aromatic nitrogens is 3. The molecular weight excluding hydrogens is 514 g/mol. The SMILES string of the molecule is Cc1c(Cc2nccc3cc(CN4CC[C@@H](O)C4)cnc23)cccc1-c1cccc(-c2nc3c(s2)CNC3)c1C. The van der Waals surface area contributed by atoms with Crippen LogP contribution in [0.25, 0.3) is 32.6 Å². The first-order chi connectivity index (χ1) is 19.5. The maximum atomic E-state index is 9.87. The monoisotopic (exact) mass is 547 g/mol. The lowest BCUT2D eigenvalue weighted by atomic mass is 9.90. The zero-order valence-electron chi connectivity index (χ0n) is 22.9. The number of hydrogen-bond donors (Lipinski definition) is 2. The number of aliphatic hydroxyl groups is 1. The second kappa shape index (κ2) is 10.5. The quantitative estimate of drug-likeness (QED) is 0.280. The summed E-state index contributed by atoms with van der Waals surface area (Å²) in [6, 6.07) is 17.5. The third-order valence-electron chi connectivity index (χ3n) is 8.40. The number of nitrogens with one attached hydrogen (secondary N) is 1. The first-order valence-corrected chi connectivity index (χ1v) is 14.9. The van der Waals surface area contributed by atoms with E-state index < -0.39 is 0 Å². The highest BCUT2D eigenvalue weighted by atomic mass is 32.1. The van der Waals surface area contributed by atoms with Crippen molar-refractivity contribution in [2.75, 3.05) is 13.1 Å². The standard InChI is InChI=1S/C33H33N5OS/c1-20-23(14-29-32-24(9-11-35-29)13-22(15-36-32)18-38-12-10-25(39)19-38)5-3-6-26(20)27-7-4-8-28(21(27)2)33-37-30-16-34-17-31(30)40-33/h3-9,11,13,15,25,34,39H,10,12,14,16-19H2,1-2H3/t25-/m1/s1. The van der Waals surface area contributed by atoms with Crippen molar-refractivity contribution in [1.82, 2.24) is 25.2 Å². The number of β-amino-alcohol motifs (C(OH)–C–C–N with tert-alkyl or cyclic N) is 1. The van der Waals surface area contributed by atoms with Crippen molar-refractivity contribution in [3.05, 3.63) is 99.4 Å². The molecule has 5 heterocycles. The van der Waals surface area contributed by atoms with Crippen molar-refractivity contribution < 1.29 is 5.11 Å². The summed E-state index contributed by atoms with van der Waals surface area (Å²) in [6.07, 6.45) is 5.24.